The van der Waals surface area contributed by atoms with Crippen molar-refractivity contribution in [3.8, 4) is 0 Å². The van der Waals surface area contributed by atoms with Gasteiger partial charge in [-0.1, -0.05) is 6.92 Å². The van der Waals surface area contributed by atoms with Gasteiger partial charge < -0.3 is 15.3 Å². The van der Waals surface area contributed by atoms with Gasteiger partial charge in [0, 0.05) is 6.42 Å². The number of ketones is 3. The number of aliphatic hydroxyl groups excluding tert-OH is 1. The van der Waals surface area contributed by atoms with Crippen LogP contribution in [0.1, 0.15) is 27.2 Å². The second kappa shape index (κ2) is 4.82. The van der Waals surface area contributed by atoms with Crippen molar-refractivity contribution >= 4 is 17.3 Å². The zero-order valence-corrected chi connectivity index (χ0v) is 9.48. The van der Waals surface area contributed by atoms with Crippen LogP contribution in [0.4, 0.5) is 0 Å². The minimum Gasteiger partial charge on any atom is -0.393 e. The summed E-state index contributed by atoms with van der Waals surface area (Å²) in [7, 11) is 0. The Bertz CT molecular complexity index is 307. The van der Waals surface area contributed by atoms with Crippen LogP contribution in [0.25, 0.3) is 0 Å². The molecule has 0 aliphatic carbocycles. The Balaban J connectivity index is 5.75. The molecule has 0 spiro atoms. The number of hydrogen-bond donors (Lipinski definition) is 3. The summed E-state index contributed by atoms with van der Waals surface area (Å²) < 4.78 is 0. The number of rotatable bonds is 6. The average molecular weight is 232 g/mol. The lowest BCUT2D eigenvalue weighted by molar-refractivity contribution is -0.191. The van der Waals surface area contributed by atoms with Gasteiger partial charge in [0.25, 0.3) is 0 Å². The van der Waals surface area contributed by atoms with Crippen LogP contribution in [-0.4, -0.2) is 50.5 Å². The average Bonchev–Trinajstić information content (AvgIpc) is 2.24. The fraction of sp³-hybridized carbons (Fsp3) is 0.700. The van der Waals surface area contributed by atoms with Crippen LogP contribution in [0, 0.1) is 0 Å². The normalized spacial score (nSPS) is 15.4. The van der Waals surface area contributed by atoms with E-state index in [0.717, 1.165) is 13.8 Å². The van der Waals surface area contributed by atoms with E-state index in [-0.39, 0.29) is 6.42 Å². The van der Waals surface area contributed by atoms with Crippen molar-refractivity contribution in [3.05, 3.63) is 0 Å². The number of carbonyl (C=O) groups excluding carboxylic acids is 3. The summed E-state index contributed by atoms with van der Waals surface area (Å²) in [5, 5.41) is 28.7. The smallest absolute Gasteiger partial charge is 0.219 e. The second-order valence-corrected chi connectivity index (χ2v) is 3.62. The van der Waals surface area contributed by atoms with Gasteiger partial charge in [0.1, 0.15) is 0 Å². The van der Waals surface area contributed by atoms with Crippen LogP contribution >= 0.6 is 0 Å². The Hall–Kier alpha value is -1.11. The summed E-state index contributed by atoms with van der Waals surface area (Å²) in [4.78, 5) is 33.9. The maximum absolute atomic E-state index is 11.4. The van der Waals surface area contributed by atoms with Crippen molar-refractivity contribution in [1.29, 1.82) is 0 Å². The second-order valence-electron chi connectivity index (χ2n) is 3.62. The molecule has 0 bridgehead atoms. The van der Waals surface area contributed by atoms with Gasteiger partial charge in [-0.25, -0.2) is 0 Å². The Morgan fingerprint density at radius 1 is 1.06 bits per heavy atom. The molecule has 0 rings (SSSR count). The molecule has 3 N–H and O–H groups in total. The molecule has 0 fully saturated rings. The molecule has 0 heterocycles. The molecule has 92 valence electrons. The van der Waals surface area contributed by atoms with E-state index >= 15 is 0 Å². The molecule has 0 aromatic carbocycles. The molecule has 1 unspecified atom stereocenters. The van der Waals surface area contributed by atoms with Gasteiger partial charge in [-0.15, -0.1) is 0 Å². The van der Waals surface area contributed by atoms with E-state index in [1.807, 2.05) is 0 Å². The van der Waals surface area contributed by atoms with E-state index in [9.17, 15) is 24.6 Å². The summed E-state index contributed by atoms with van der Waals surface area (Å²) in [6.07, 6.45) is -0.222. The van der Waals surface area contributed by atoms with Crippen LogP contribution in [-0.2, 0) is 14.4 Å². The van der Waals surface area contributed by atoms with Crippen LogP contribution in [0.5, 0.6) is 0 Å². The predicted octanol–water partition coefficient (Wildman–Crippen LogP) is -1.40. The summed E-state index contributed by atoms with van der Waals surface area (Å²) >= 11 is 0. The van der Waals surface area contributed by atoms with Gasteiger partial charge in [-0.3, -0.25) is 14.4 Å². The fourth-order valence-electron chi connectivity index (χ4n) is 1.53. The minimum absolute atomic E-state index is 0.222. The zero-order valence-electron chi connectivity index (χ0n) is 9.48. The summed E-state index contributed by atoms with van der Waals surface area (Å²) in [5.41, 5.74) is -5.67. The molecule has 0 aromatic rings. The van der Waals surface area contributed by atoms with E-state index in [0.29, 0.717) is 0 Å². The summed E-state index contributed by atoms with van der Waals surface area (Å²) in [6.45, 7) is 1.91. The van der Waals surface area contributed by atoms with Crippen LogP contribution in [0.3, 0.4) is 0 Å². The standard InChI is InChI=1S/C10H16O6/c1-4-8(14)9(15,5-11)10(16,6(2)12)7(3)13/h11,15-16H,4-5H2,1-3H3. The van der Waals surface area contributed by atoms with Gasteiger partial charge in [0.05, 0.1) is 6.61 Å². The molecule has 1 atom stereocenters. The highest BCUT2D eigenvalue weighted by Gasteiger charge is 2.60. The van der Waals surface area contributed by atoms with Crippen molar-refractivity contribution in [2.75, 3.05) is 6.61 Å². The van der Waals surface area contributed by atoms with E-state index < -0.39 is 35.2 Å². The molecule has 0 aliphatic heterocycles. The largest absolute Gasteiger partial charge is 0.393 e. The number of aliphatic hydroxyl groups is 3. The summed E-state index contributed by atoms with van der Waals surface area (Å²) in [5.74, 6) is -3.14. The first kappa shape index (κ1) is 14.9. The third-order valence-corrected chi connectivity index (χ3v) is 2.63. The fourth-order valence-corrected chi connectivity index (χ4v) is 1.53. The first-order valence-corrected chi connectivity index (χ1v) is 4.79. The van der Waals surface area contributed by atoms with Gasteiger partial charge in [0.15, 0.2) is 23.0 Å². The van der Waals surface area contributed by atoms with Crippen molar-refractivity contribution in [3.63, 3.8) is 0 Å². The maximum Gasteiger partial charge on any atom is 0.219 e. The molecule has 0 saturated heterocycles. The van der Waals surface area contributed by atoms with Crippen LogP contribution in [0.15, 0.2) is 0 Å². The quantitative estimate of drug-likeness (QED) is 0.485. The first-order valence-electron chi connectivity index (χ1n) is 4.79. The van der Waals surface area contributed by atoms with Crippen LogP contribution in [0.2, 0.25) is 0 Å². The van der Waals surface area contributed by atoms with Gasteiger partial charge in [-0.2, -0.15) is 0 Å². The van der Waals surface area contributed by atoms with Gasteiger partial charge in [0.2, 0.25) is 5.60 Å². The Labute approximate surface area is 92.9 Å². The molecule has 0 aliphatic rings. The highest BCUT2D eigenvalue weighted by atomic mass is 16.4. The van der Waals surface area contributed by atoms with Crippen molar-refractivity contribution in [2.24, 2.45) is 0 Å². The predicted molar refractivity (Wildman–Crippen MR) is 53.6 cm³/mol. The van der Waals surface area contributed by atoms with Crippen molar-refractivity contribution in [1.82, 2.24) is 0 Å². The number of carbonyl (C=O) groups is 3. The van der Waals surface area contributed by atoms with Gasteiger partial charge in [-0.05, 0) is 13.8 Å². The third kappa shape index (κ3) is 1.91. The molecule has 0 amide bonds. The minimum atomic E-state index is -2.89. The Morgan fingerprint density at radius 3 is 1.62 bits per heavy atom. The van der Waals surface area contributed by atoms with Gasteiger partial charge >= 0.3 is 0 Å². The molecule has 6 heteroatoms. The molecule has 0 saturated carbocycles. The molecular weight excluding hydrogens is 216 g/mol. The third-order valence-electron chi connectivity index (χ3n) is 2.63. The highest BCUT2D eigenvalue weighted by molar-refractivity contribution is 6.14. The van der Waals surface area contributed by atoms with E-state index in [2.05, 4.69) is 0 Å². The lowest BCUT2D eigenvalue weighted by Gasteiger charge is -2.37. The van der Waals surface area contributed by atoms with Crippen LogP contribution < -0.4 is 0 Å². The molecule has 16 heavy (non-hydrogen) atoms. The number of hydrogen-bond acceptors (Lipinski definition) is 6. The Kier molecular flexibility index (Phi) is 4.48. The topological polar surface area (TPSA) is 112 Å². The zero-order chi connectivity index (χ0) is 13.1. The lowest BCUT2D eigenvalue weighted by Crippen LogP contribution is -2.68. The molecule has 6 nitrogen and oxygen atoms in total. The van der Waals surface area contributed by atoms with Crippen molar-refractivity contribution in [2.45, 2.75) is 38.4 Å². The highest BCUT2D eigenvalue weighted by Crippen LogP contribution is 2.27. The number of Topliss-reactive ketones (excluding diaryl/α,β-unsaturated/α-hetero) is 3. The molecular formula is C10H16O6. The van der Waals surface area contributed by atoms with Crippen molar-refractivity contribution < 1.29 is 29.7 Å². The first-order chi connectivity index (χ1) is 7.18. The van der Waals surface area contributed by atoms with E-state index in [1.54, 1.807) is 0 Å². The van der Waals surface area contributed by atoms with E-state index in [4.69, 9.17) is 5.11 Å². The summed E-state index contributed by atoms with van der Waals surface area (Å²) in [6, 6.07) is 0. The lowest BCUT2D eigenvalue weighted by atomic mass is 9.74. The SMILES string of the molecule is CCC(=O)C(O)(CO)C(O)(C(C)=O)C(C)=O. The monoisotopic (exact) mass is 232 g/mol. The van der Waals surface area contributed by atoms with E-state index in [1.165, 1.54) is 6.92 Å². The molecule has 0 radical (unpaired) electrons. The molecule has 0 aromatic heterocycles. The Morgan fingerprint density at radius 2 is 1.44 bits per heavy atom. The maximum atomic E-state index is 11.4.